The zero-order valence-electron chi connectivity index (χ0n) is 8.08. The van der Waals surface area contributed by atoms with Gasteiger partial charge >= 0.3 is 0 Å². The van der Waals surface area contributed by atoms with Crippen molar-refractivity contribution in [2.75, 3.05) is 13.1 Å². The van der Waals surface area contributed by atoms with Crippen LogP contribution in [-0.2, 0) is 0 Å². The van der Waals surface area contributed by atoms with E-state index in [9.17, 15) is 0 Å². The number of nitrogens with zero attached hydrogens (tertiary/aromatic N) is 2. The van der Waals surface area contributed by atoms with E-state index < -0.39 is 0 Å². The van der Waals surface area contributed by atoms with Gasteiger partial charge < -0.3 is 10.6 Å². The van der Waals surface area contributed by atoms with E-state index in [1.807, 2.05) is 0 Å². The van der Waals surface area contributed by atoms with E-state index in [-0.39, 0.29) is 0 Å². The first kappa shape index (κ1) is 9.36. The molecule has 1 unspecified atom stereocenters. The van der Waals surface area contributed by atoms with Gasteiger partial charge in [0.2, 0.25) is 0 Å². The molecule has 0 aromatic carbocycles. The molecule has 3 heteroatoms. The summed E-state index contributed by atoms with van der Waals surface area (Å²) in [6, 6.07) is 0.366. The first-order valence-corrected chi connectivity index (χ1v) is 4.82. The second-order valence-corrected chi connectivity index (χ2v) is 3.44. The van der Waals surface area contributed by atoms with Crippen LogP contribution in [0.15, 0.2) is 4.99 Å². The Hall–Kier alpha value is -0.730. The Morgan fingerprint density at radius 3 is 2.58 bits per heavy atom. The number of aliphatic imine (C=N–C) groups is 1. The van der Waals surface area contributed by atoms with E-state index in [1.54, 1.807) is 0 Å². The van der Waals surface area contributed by atoms with Gasteiger partial charge in [-0.1, -0.05) is 6.92 Å². The molecule has 1 fully saturated rings. The second kappa shape index (κ2) is 4.33. The van der Waals surface area contributed by atoms with Crippen molar-refractivity contribution in [3.8, 4) is 0 Å². The summed E-state index contributed by atoms with van der Waals surface area (Å²) in [5, 5.41) is 0. The van der Waals surface area contributed by atoms with Gasteiger partial charge in [-0.05, 0) is 26.2 Å². The van der Waals surface area contributed by atoms with E-state index in [4.69, 9.17) is 5.73 Å². The predicted octanol–water partition coefficient (Wildman–Crippen LogP) is 1.20. The van der Waals surface area contributed by atoms with Crippen molar-refractivity contribution in [2.45, 2.75) is 39.2 Å². The van der Waals surface area contributed by atoms with Crippen molar-refractivity contribution in [3.63, 3.8) is 0 Å². The molecule has 12 heavy (non-hydrogen) atoms. The van der Waals surface area contributed by atoms with Gasteiger partial charge in [-0.3, -0.25) is 4.99 Å². The fraction of sp³-hybridized carbons (Fsp3) is 0.889. The normalized spacial score (nSPS) is 21.5. The van der Waals surface area contributed by atoms with Gasteiger partial charge in [0.05, 0.1) is 6.04 Å². The Kier molecular flexibility index (Phi) is 3.38. The summed E-state index contributed by atoms with van der Waals surface area (Å²) < 4.78 is 0. The minimum Gasteiger partial charge on any atom is -0.370 e. The minimum atomic E-state index is 0.366. The summed E-state index contributed by atoms with van der Waals surface area (Å²) in [5.74, 6) is 0.738. The van der Waals surface area contributed by atoms with Gasteiger partial charge in [-0.15, -0.1) is 0 Å². The van der Waals surface area contributed by atoms with Crippen molar-refractivity contribution in [1.82, 2.24) is 4.90 Å². The Morgan fingerprint density at radius 2 is 2.08 bits per heavy atom. The molecule has 1 aliphatic rings. The molecule has 1 heterocycles. The molecule has 1 rings (SSSR count). The SMILES string of the molecule is CCC(C)N=C(N)N1CCCC1. The number of likely N-dealkylation sites (tertiary alicyclic amines) is 1. The Morgan fingerprint density at radius 1 is 1.50 bits per heavy atom. The lowest BCUT2D eigenvalue weighted by molar-refractivity contribution is 0.504. The zero-order valence-corrected chi connectivity index (χ0v) is 8.08. The molecule has 0 aromatic heterocycles. The average Bonchev–Trinajstić information content (AvgIpc) is 2.56. The van der Waals surface area contributed by atoms with Crippen LogP contribution in [0.2, 0.25) is 0 Å². The molecular weight excluding hydrogens is 150 g/mol. The van der Waals surface area contributed by atoms with E-state index in [1.165, 1.54) is 12.8 Å². The molecule has 3 nitrogen and oxygen atoms in total. The van der Waals surface area contributed by atoms with Crippen molar-refractivity contribution in [1.29, 1.82) is 0 Å². The number of hydrogen-bond acceptors (Lipinski definition) is 1. The second-order valence-electron chi connectivity index (χ2n) is 3.44. The molecule has 0 bridgehead atoms. The molecule has 0 aliphatic carbocycles. The summed E-state index contributed by atoms with van der Waals surface area (Å²) in [5.41, 5.74) is 5.83. The highest BCUT2D eigenvalue weighted by Crippen LogP contribution is 2.07. The van der Waals surface area contributed by atoms with Crippen LogP contribution in [0.4, 0.5) is 0 Å². The van der Waals surface area contributed by atoms with E-state index >= 15 is 0 Å². The summed E-state index contributed by atoms with van der Waals surface area (Å²) in [6.07, 6.45) is 3.59. The van der Waals surface area contributed by atoms with Crippen LogP contribution in [-0.4, -0.2) is 30.0 Å². The van der Waals surface area contributed by atoms with Crippen molar-refractivity contribution >= 4 is 5.96 Å². The molecule has 0 spiro atoms. The molecule has 1 aliphatic heterocycles. The lowest BCUT2D eigenvalue weighted by Gasteiger charge is -2.17. The van der Waals surface area contributed by atoms with Crippen LogP contribution in [0.5, 0.6) is 0 Å². The monoisotopic (exact) mass is 169 g/mol. The number of hydrogen-bond donors (Lipinski definition) is 1. The maximum atomic E-state index is 5.83. The molecule has 0 saturated carbocycles. The first-order valence-electron chi connectivity index (χ1n) is 4.82. The quantitative estimate of drug-likeness (QED) is 0.498. The lowest BCUT2D eigenvalue weighted by Crippen LogP contribution is -2.35. The smallest absolute Gasteiger partial charge is 0.191 e. The van der Waals surface area contributed by atoms with Crippen LogP contribution in [0.3, 0.4) is 0 Å². The average molecular weight is 169 g/mol. The van der Waals surface area contributed by atoms with E-state index in [2.05, 4.69) is 23.7 Å². The predicted molar refractivity (Wildman–Crippen MR) is 52.2 cm³/mol. The largest absolute Gasteiger partial charge is 0.370 e. The third kappa shape index (κ3) is 2.40. The van der Waals surface area contributed by atoms with Gasteiger partial charge in [-0.2, -0.15) is 0 Å². The van der Waals surface area contributed by atoms with Crippen molar-refractivity contribution in [3.05, 3.63) is 0 Å². The summed E-state index contributed by atoms with van der Waals surface area (Å²) in [6.45, 7) is 6.41. The molecule has 70 valence electrons. The highest BCUT2D eigenvalue weighted by Gasteiger charge is 2.13. The summed E-state index contributed by atoms with van der Waals surface area (Å²) >= 11 is 0. The van der Waals surface area contributed by atoms with Gasteiger partial charge in [0.15, 0.2) is 5.96 Å². The molecular formula is C9H19N3. The zero-order chi connectivity index (χ0) is 8.97. The standard InChI is InChI=1S/C9H19N3/c1-3-8(2)11-9(10)12-6-4-5-7-12/h8H,3-7H2,1-2H3,(H2,10,11). The van der Waals surface area contributed by atoms with Crippen molar-refractivity contribution < 1.29 is 0 Å². The summed E-state index contributed by atoms with van der Waals surface area (Å²) in [7, 11) is 0. The van der Waals surface area contributed by atoms with E-state index in [0.29, 0.717) is 6.04 Å². The maximum Gasteiger partial charge on any atom is 0.191 e. The van der Waals surface area contributed by atoms with E-state index in [0.717, 1.165) is 25.5 Å². The summed E-state index contributed by atoms with van der Waals surface area (Å²) in [4.78, 5) is 6.57. The van der Waals surface area contributed by atoms with Crippen LogP contribution < -0.4 is 5.73 Å². The maximum absolute atomic E-state index is 5.83. The Bertz CT molecular complexity index is 159. The minimum absolute atomic E-state index is 0.366. The number of nitrogens with two attached hydrogens (primary N) is 1. The lowest BCUT2D eigenvalue weighted by atomic mass is 10.3. The number of guanidine groups is 1. The van der Waals surface area contributed by atoms with Crippen molar-refractivity contribution in [2.24, 2.45) is 10.7 Å². The topological polar surface area (TPSA) is 41.6 Å². The third-order valence-corrected chi connectivity index (χ3v) is 2.37. The molecule has 0 radical (unpaired) electrons. The fourth-order valence-electron chi connectivity index (χ4n) is 1.34. The molecule has 1 saturated heterocycles. The molecule has 1 atom stereocenters. The highest BCUT2D eigenvalue weighted by molar-refractivity contribution is 5.78. The van der Waals surface area contributed by atoms with Gasteiger partial charge in [0, 0.05) is 13.1 Å². The van der Waals surface area contributed by atoms with Gasteiger partial charge in [-0.25, -0.2) is 0 Å². The van der Waals surface area contributed by atoms with Crippen LogP contribution in [0.1, 0.15) is 33.1 Å². The molecule has 0 aromatic rings. The molecule has 2 N–H and O–H groups in total. The Labute approximate surface area is 74.6 Å². The van der Waals surface area contributed by atoms with Crippen LogP contribution in [0.25, 0.3) is 0 Å². The number of rotatable bonds is 2. The first-order chi connectivity index (χ1) is 5.74. The van der Waals surface area contributed by atoms with Crippen LogP contribution in [0, 0.1) is 0 Å². The Balaban J connectivity index is 2.43. The third-order valence-electron chi connectivity index (χ3n) is 2.37. The molecule has 0 amide bonds. The fourth-order valence-corrected chi connectivity index (χ4v) is 1.34. The van der Waals surface area contributed by atoms with Gasteiger partial charge in [0.1, 0.15) is 0 Å². The van der Waals surface area contributed by atoms with Crippen LogP contribution >= 0.6 is 0 Å². The van der Waals surface area contributed by atoms with Gasteiger partial charge in [0.25, 0.3) is 0 Å². The highest BCUT2D eigenvalue weighted by atomic mass is 15.3.